The van der Waals surface area contributed by atoms with Crippen LogP contribution in [0.3, 0.4) is 0 Å². The molecule has 8 heteroatoms. The van der Waals surface area contributed by atoms with Crippen LogP contribution in [-0.4, -0.2) is 38.4 Å². The Balaban J connectivity index is 1.32. The molecule has 166 valence electrons. The van der Waals surface area contributed by atoms with Gasteiger partial charge in [-0.1, -0.05) is 6.07 Å². The average Bonchev–Trinajstić information content (AvgIpc) is 3.36. The van der Waals surface area contributed by atoms with Gasteiger partial charge in [-0.3, -0.25) is 4.79 Å². The van der Waals surface area contributed by atoms with E-state index >= 15 is 0 Å². The third kappa shape index (κ3) is 3.53. The molecule has 32 heavy (non-hydrogen) atoms. The molecular weight excluding hydrogens is 417 g/mol. The quantitative estimate of drug-likeness (QED) is 0.439. The lowest BCUT2D eigenvalue weighted by Gasteiger charge is -2.32. The van der Waals surface area contributed by atoms with E-state index in [-0.39, 0.29) is 11.9 Å². The molecule has 1 aliphatic heterocycles. The molecule has 0 aliphatic carbocycles. The van der Waals surface area contributed by atoms with E-state index in [1.54, 1.807) is 6.33 Å². The van der Waals surface area contributed by atoms with Crippen LogP contribution in [0.5, 0.6) is 0 Å². The lowest BCUT2D eigenvalue weighted by Crippen LogP contribution is -2.39. The molecule has 1 fully saturated rings. The SMILES string of the molecule is Cc1cc(C)c2cc(C(=O)N3CCC(n4cnc5cc(C(F)(F)F)ccc54)CC3)[nH]c2c1. The first-order valence-electron chi connectivity index (χ1n) is 10.6. The van der Waals surface area contributed by atoms with Gasteiger partial charge in [-0.25, -0.2) is 4.98 Å². The number of hydrogen-bond donors (Lipinski definition) is 1. The van der Waals surface area contributed by atoms with Gasteiger partial charge < -0.3 is 14.5 Å². The van der Waals surface area contributed by atoms with E-state index in [4.69, 9.17) is 0 Å². The lowest BCUT2D eigenvalue weighted by atomic mass is 10.0. The largest absolute Gasteiger partial charge is 0.416 e. The number of H-pyrrole nitrogens is 1. The van der Waals surface area contributed by atoms with Crippen molar-refractivity contribution in [2.75, 3.05) is 13.1 Å². The lowest BCUT2D eigenvalue weighted by molar-refractivity contribution is -0.137. The molecule has 0 radical (unpaired) electrons. The molecular formula is C24H23F3N4O. The summed E-state index contributed by atoms with van der Waals surface area (Å²) in [4.78, 5) is 22.4. The fourth-order valence-electron chi connectivity index (χ4n) is 4.73. The van der Waals surface area contributed by atoms with Crippen molar-refractivity contribution in [3.63, 3.8) is 0 Å². The molecule has 0 spiro atoms. The Morgan fingerprint density at radius 2 is 1.84 bits per heavy atom. The van der Waals surface area contributed by atoms with E-state index in [0.717, 1.165) is 47.0 Å². The number of amides is 1. The minimum Gasteiger partial charge on any atom is -0.351 e. The Labute approximate surface area is 182 Å². The number of rotatable bonds is 2. The monoisotopic (exact) mass is 440 g/mol. The van der Waals surface area contributed by atoms with E-state index in [0.29, 0.717) is 29.8 Å². The number of aromatic amines is 1. The maximum Gasteiger partial charge on any atom is 0.416 e. The van der Waals surface area contributed by atoms with Crippen LogP contribution in [0.4, 0.5) is 13.2 Å². The van der Waals surface area contributed by atoms with Crippen LogP contribution >= 0.6 is 0 Å². The minimum atomic E-state index is -4.39. The Kier molecular flexibility index (Phi) is 4.76. The number of benzene rings is 2. The van der Waals surface area contributed by atoms with E-state index in [9.17, 15) is 18.0 Å². The second-order valence-corrected chi connectivity index (χ2v) is 8.60. The zero-order valence-electron chi connectivity index (χ0n) is 17.8. The highest BCUT2D eigenvalue weighted by molar-refractivity contribution is 5.99. The minimum absolute atomic E-state index is 0.0259. The van der Waals surface area contributed by atoms with Gasteiger partial charge >= 0.3 is 6.18 Å². The number of piperidine rings is 1. The zero-order chi connectivity index (χ0) is 22.6. The van der Waals surface area contributed by atoms with Crippen molar-refractivity contribution in [2.45, 2.75) is 38.9 Å². The number of fused-ring (bicyclic) bond motifs is 2. The van der Waals surface area contributed by atoms with E-state index < -0.39 is 11.7 Å². The van der Waals surface area contributed by atoms with Crippen molar-refractivity contribution in [1.29, 1.82) is 0 Å². The molecule has 0 atom stereocenters. The van der Waals surface area contributed by atoms with Gasteiger partial charge in [0.2, 0.25) is 0 Å². The van der Waals surface area contributed by atoms with E-state index in [1.807, 2.05) is 35.4 Å². The van der Waals surface area contributed by atoms with Crippen LogP contribution in [0.25, 0.3) is 21.9 Å². The topological polar surface area (TPSA) is 53.9 Å². The Hall–Kier alpha value is -3.29. The van der Waals surface area contributed by atoms with Crippen LogP contribution in [0.1, 0.15) is 46.1 Å². The molecule has 1 N–H and O–H groups in total. The molecule has 0 bridgehead atoms. The highest BCUT2D eigenvalue weighted by Gasteiger charge is 2.31. The summed E-state index contributed by atoms with van der Waals surface area (Å²) in [7, 11) is 0. The van der Waals surface area contributed by atoms with Gasteiger partial charge in [-0.05, 0) is 68.1 Å². The number of hydrogen-bond acceptors (Lipinski definition) is 2. The summed E-state index contributed by atoms with van der Waals surface area (Å²) in [6.07, 6.45) is -1.34. The molecule has 5 rings (SSSR count). The van der Waals surface area contributed by atoms with Gasteiger partial charge in [-0.15, -0.1) is 0 Å². The predicted octanol–water partition coefficient (Wildman–Crippen LogP) is 5.63. The zero-order valence-corrected chi connectivity index (χ0v) is 17.8. The molecule has 5 nitrogen and oxygen atoms in total. The van der Waals surface area contributed by atoms with Crippen molar-refractivity contribution in [1.82, 2.24) is 19.4 Å². The summed E-state index contributed by atoms with van der Waals surface area (Å²) in [5, 5.41) is 1.05. The third-order valence-corrected chi connectivity index (χ3v) is 6.37. The molecule has 1 saturated heterocycles. The smallest absolute Gasteiger partial charge is 0.351 e. The maximum absolute atomic E-state index is 13.1. The summed E-state index contributed by atoms with van der Waals surface area (Å²) in [5.41, 5.74) is 4.15. The Morgan fingerprint density at radius 1 is 1.09 bits per heavy atom. The number of alkyl halides is 3. The van der Waals surface area contributed by atoms with Crippen molar-refractivity contribution < 1.29 is 18.0 Å². The van der Waals surface area contributed by atoms with Gasteiger partial charge in [0, 0.05) is 30.0 Å². The van der Waals surface area contributed by atoms with Crippen LogP contribution in [0.2, 0.25) is 0 Å². The first-order chi connectivity index (χ1) is 15.2. The van der Waals surface area contributed by atoms with Crippen molar-refractivity contribution in [3.05, 3.63) is 65.1 Å². The summed E-state index contributed by atoms with van der Waals surface area (Å²) in [5.74, 6) is -0.0259. The van der Waals surface area contributed by atoms with Gasteiger partial charge in [-0.2, -0.15) is 13.2 Å². The number of aromatic nitrogens is 3. The molecule has 0 saturated carbocycles. The van der Waals surface area contributed by atoms with Gasteiger partial charge in [0.15, 0.2) is 0 Å². The molecule has 1 aliphatic rings. The number of nitrogens with zero attached hydrogens (tertiary/aromatic N) is 3. The third-order valence-electron chi connectivity index (χ3n) is 6.37. The summed E-state index contributed by atoms with van der Waals surface area (Å²) < 4.78 is 40.8. The molecule has 1 amide bonds. The fraction of sp³-hybridized carbons (Fsp3) is 0.333. The predicted molar refractivity (Wildman–Crippen MR) is 117 cm³/mol. The van der Waals surface area contributed by atoms with Crippen LogP contribution < -0.4 is 0 Å². The van der Waals surface area contributed by atoms with E-state index in [1.165, 1.54) is 6.07 Å². The van der Waals surface area contributed by atoms with Gasteiger partial charge in [0.1, 0.15) is 5.69 Å². The molecule has 4 aromatic rings. The number of imidazole rings is 1. The van der Waals surface area contributed by atoms with Crippen LogP contribution in [0.15, 0.2) is 42.7 Å². The highest BCUT2D eigenvalue weighted by atomic mass is 19.4. The van der Waals surface area contributed by atoms with E-state index in [2.05, 4.69) is 16.0 Å². The molecule has 2 aromatic heterocycles. The second-order valence-electron chi connectivity index (χ2n) is 8.60. The Bertz CT molecular complexity index is 1330. The van der Waals surface area contributed by atoms with Crippen molar-refractivity contribution in [2.24, 2.45) is 0 Å². The number of carbonyl (C=O) groups excluding carboxylic acids is 1. The maximum atomic E-state index is 13.1. The fourth-order valence-corrected chi connectivity index (χ4v) is 4.73. The molecule has 2 aromatic carbocycles. The number of nitrogens with one attached hydrogen (secondary N) is 1. The molecule has 0 unspecified atom stereocenters. The summed E-state index contributed by atoms with van der Waals surface area (Å²) in [6, 6.07) is 9.82. The second kappa shape index (κ2) is 7.39. The van der Waals surface area contributed by atoms with Crippen molar-refractivity contribution in [3.8, 4) is 0 Å². The van der Waals surface area contributed by atoms with Crippen LogP contribution in [0, 0.1) is 13.8 Å². The normalized spacial score (nSPS) is 15.7. The summed E-state index contributed by atoms with van der Waals surface area (Å²) >= 11 is 0. The first kappa shape index (κ1) is 20.6. The highest BCUT2D eigenvalue weighted by Crippen LogP contribution is 2.33. The van der Waals surface area contributed by atoms with Gasteiger partial charge in [0.25, 0.3) is 5.91 Å². The number of likely N-dealkylation sites (tertiary alicyclic amines) is 1. The van der Waals surface area contributed by atoms with Crippen LogP contribution in [-0.2, 0) is 6.18 Å². The van der Waals surface area contributed by atoms with Gasteiger partial charge in [0.05, 0.1) is 22.9 Å². The van der Waals surface area contributed by atoms with Crippen molar-refractivity contribution >= 4 is 27.8 Å². The number of carbonyl (C=O) groups is 1. The molecule has 3 heterocycles. The number of halogens is 3. The number of aryl methyl sites for hydroxylation is 2. The average molecular weight is 440 g/mol. The first-order valence-corrected chi connectivity index (χ1v) is 10.6. The summed E-state index contributed by atoms with van der Waals surface area (Å²) in [6.45, 7) is 5.23. The Morgan fingerprint density at radius 3 is 2.56 bits per heavy atom. The standard InChI is InChI=1S/C24H23F3N4O/c1-14-9-15(2)18-12-21(29-19(18)10-14)23(32)30-7-5-17(6-8-30)31-13-28-20-11-16(24(25,26)27)3-4-22(20)31/h3-4,9-13,17,29H,5-8H2,1-2H3.